The largest absolute Gasteiger partial charge is 0.478 e. The van der Waals surface area contributed by atoms with E-state index in [-0.39, 0.29) is 0 Å². The molecule has 2 aromatic rings. The van der Waals surface area contributed by atoms with Crippen molar-refractivity contribution in [2.24, 2.45) is 0 Å². The predicted octanol–water partition coefficient (Wildman–Crippen LogP) is 4.86. The lowest BCUT2D eigenvalue weighted by Crippen LogP contribution is -2.40. The van der Waals surface area contributed by atoms with Crippen molar-refractivity contribution >= 4 is 34.9 Å². The van der Waals surface area contributed by atoms with E-state index >= 15 is 0 Å². The number of carboxylic acids is 1. The lowest BCUT2D eigenvalue weighted by atomic mass is 9.91. The highest BCUT2D eigenvalue weighted by molar-refractivity contribution is 6.31. The minimum Gasteiger partial charge on any atom is -0.478 e. The van der Waals surface area contributed by atoms with Crippen LogP contribution in [0.25, 0.3) is 0 Å². The van der Waals surface area contributed by atoms with E-state index in [4.69, 9.17) is 21.7 Å². The maximum Gasteiger partial charge on any atom is 0.335 e. The van der Waals surface area contributed by atoms with Crippen molar-refractivity contribution in [1.82, 2.24) is 4.98 Å². The van der Waals surface area contributed by atoms with Crippen LogP contribution in [0.5, 0.6) is 0 Å². The van der Waals surface area contributed by atoms with E-state index in [0.717, 1.165) is 18.1 Å². The summed E-state index contributed by atoms with van der Waals surface area (Å²) >= 11 is 6.30. The Labute approximate surface area is 152 Å². The number of halogens is 1. The quantitative estimate of drug-likeness (QED) is 0.770. The second kappa shape index (κ2) is 7.31. The molecule has 3 rings (SSSR count). The van der Waals surface area contributed by atoms with Crippen molar-refractivity contribution in [3.63, 3.8) is 0 Å². The summed E-state index contributed by atoms with van der Waals surface area (Å²) in [5.74, 6) is 0.607. The molecule has 0 aliphatic heterocycles. The van der Waals surface area contributed by atoms with Gasteiger partial charge in [0.1, 0.15) is 11.6 Å². The molecule has 0 amide bonds. The van der Waals surface area contributed by atoms with Crippen molar-refractivity contribution in [3.8, 4) is 0 Å². The first kappa shape index (κ1) is 17.5. The summed E-state index contributed by atoms with van der Waals surface area (Å²) in [7, 11) is 0. The van der Waals surface area contributed by atoms with E-state index in [9.17, 15) is 4.79 Å². The summed E-state index contributed by atoms with van der Waals surface area (Å²) in [5.41, 5.74) is 1.78. The van der Waals surface area contributed by atoms with Crippen LogP contribution in [0.3, 0.4) is 0 Å². The number of carbonyl (C=O) groups is 1. The maximum atomic E-state index is 11.1. The third-order valence-electron chi connectivity index (χ3n) is 4.66. The predicted molar refractivity (Wildman–Crippen MR) is 101 cm³/mol. The van der Waals surface area contributed by atoms with Crippen molar-refractivity contribution in [2.45, 2.75) is 39.2 Å². The lowest BCUT2D eigenvalue weighted by Gasteiger charge is -2.38. The van der Waals surface area contributed by atoms with Gasteiger partial charge >= 0.3 is 5.97 Å². The number of aromatic nitrogens is 1. The van der Waals surface area contributed by atoms with Gasteiger partial charge < -0.3 is 15.3 Å². The molecule has 132 valence electrons. The van der Waals surface area contributed by atoms with Crippen LogP contribution >= 0.6 is 11.6 Å². The van der Waals surface area contributed by atoms with Crippen LogP contribution in [0.4, 0.5) is 17.3 Å². The zero-order chi connectivity index (χ0) is 18.0. The Bertz CT molecular complexity index is 790. The number of nitrogens with one attached hydrogen (secondary N) is 1. The highest BCUT2D eigenvalue weighted by Gasteiger charge is 2.25. The fourth-order valence-corrected chi connectivity index (χ4v) is 3.33. The molecule has 25 heavy (non-hydrogen) atoms. The molecule has 0 atom stereocenters. The molecule has 0 bridgehead atoms. The van der Waals surface area contributed by atoms with E-state index in [1.54, 1.807) is 31.2 Å². The number of aryl methyl sites for hydroxylation is 1. The number of hydrogen-bond acceptors (Lipinski definition) is 4. The first-order chi connectivity index (χ1) is 12.0. The second-order valence-electron chi connectivity index (χ2n) is 6.36. The third-order valence-corrected chi connectivity index (χ3v) is 4.87. The fourth-order valence-electron chi connectivity index (χ4n) is 3.13. The van der Waals surface area contributed by atoms with Crippen molar-refractivity contribution in [1.29, 1.82) is 0 Å². The number of aromatic carboxylic acids is 1. The molecule has 5 nitrogen and oxygen atoms in total. The molecule has 0 saturated heterocycles. The Kier molecular flexibility index (Phi) is 5.13. The van der Waals surface area contributed by atoms with E-state index in [0.29, 0.717) is 28.0 Å². The molecule has 6 heteroatoms. The molecule has 1 aliphatic carbocycles. The highest BCUT2D eigenvalue weighted by Crippen LogP contribution is 2.31. The molecule has 1 aromatic carbocycles. The summed E-state index contributed by atoms with van der Waals surface area (Å²) in [6, 6.07) is 9.35. The summed E-state index contributed by atoms with van der Waals surface area (Å²) in [6.07, 6.45) is 3.66. The normalized spacial score (nSPS) is 14.0. The minimum absolute atomic E-state index is 0.299. The molecular formula is C19H22ClN3O2. The van der Waals surface area contributed by atoms with Gasteiger partial charge in [-0.25, -0.2) is 9.78 Å². The van der Waals surface area contributed by atoms with Gasteiger partial charge in [-0.15, -0.1) is 0 Å². The third kappa shape index (κ3) is 3.87. The molecule has 1 aromatic heterocycles. The van der Waals surface area contributed by atoms with Crippen LogP contribution in [0.2, 0.25) is 5.02 Å². The van der Waals surface area contributed by atoms with Crippen LogP contribution in [0.1, 0.15) is 42.1 Å². The first-order valence-corrected chi connectivity index (χ1v) is 8.91. The summed E-state index contributed by atoms with van der Waals surface area (Å²) in [4.78, 5) is 18.1. The van der Waals surface area contributed by atoms with Crippen molar-refractivity contribution < 1.29 is 9.90 Å². The molecule has 0 spiro atoms. The van der Waals surface area contributed by atoms with Gasteiger partial charge in [0.05, 0.1) is 5.56 Å². The number of nitrogens with zero attached hydrogens (tertiary/aromatic N) is 2. The van der Waals surface area contributed by atoms with Crippen LogP contribution in [-0.2, 0) is 0 Å². The number of anilines is 3. The van der Waals surface area contributed by atoms with Gasteiger partial charge in [0.15, 0.2) is 0 Å². The number of hydrogen-bond donors (Lipinski definition) is 2. The summed E-state index contributed by atoms with van der Waals surface area (Å²) in [5, 5.41) is 13.0. The maximum absolute atomic E-state index is 11.1. The topological polar surface area (TPSA) is 65.5 Å². The van der Waals surface area contributed by atoms with E-state index < -0.39 is 5.97 Å². The fraction of sp³-hybridized carbons (Fsp3) is 0.368. The molecule has 0 unspecified atom stereocenters. The van der Waals surface area contributed by atoms with Gasteiger partial charge in [-0.3, -0.25) is 0 Å². The van der Waals surface area contributed by atoms with E-state index in [1.807, 2.05) is 6.07 Å². The Hall–Kier alpha value is -2.27. The molecular weight excluding hydrogens is 338 g/mol. The van der Waals surface area contributed by atoms with Crippen LogP contribution in [-0.4, -0.2) is 28.6 Å². The Balaban J connectivity index is 1.85. The van der Waals surface area contributed by atoms with Gasteiger partial charge in [-0.1, -0.05) is 11.6 Å². The van der Waals surface area contributed by atoms with Gasteiger partial charge in [-0.05, 0) is 69.0 Å². The monoisotopic (exact) mass is 359 g/mol. The smallest absolute Gasteiger partial charge is 0.335 e. The lowest BCUT2D eigenvalue weighted by molar-refractivity contribution is 0.0696. The Morgan fingerprint density at radius 1 is 1.36 bits per heavy atom. The molecule has 1 fully saturated rings. The average molecular weight is 360 g/mol. The first-order valence-electron chi connectivity index (χ1n) is 8.53. The number of pyridine rings is 1. The van der Waals surface area contributed by atoms with Crippen LogP contribution < -0.4 is 10.2 Å². The summed E-state index contributed by atoms with van der Waals surface area (Å²) < 4.78 is 0. The molecule has 1 saturated carbocycles. The standard InChI is InChI=1S/C19H22ClN3O2/c1-3-23(15-5-4-6-15)18-11-13(20)10-17(22-18)21-14-7-8-16(19(24)25)12(2)9-14/h7-11,15H,3-6H2,1-2H3,(H,21,22)(H,24,25). The van der Waals surface area contributed by atoms with Crippen LogP contribution in [0, 0.1) is 6.92 Å². The average Bonchev–Trinajstić information content (AvgIpc) is 2.49. The zero-order valence-corrected chi connectivity index (χ0v) is 15.2. The number of benzene rings is 1. The van der Waals surface area contributed by atoms with Gasteiger partial charge in [-0.2, -0.15) is 0 Å². The van der Waals surface area contributed by atoms with Gasteiger partial charge in [0, 0.05) is 23.3 Å². The van der Waals surface area contributed by atoms with Gasteiger partial charge in [0.2, 0.25) is 0 Å². The molecule has 1 aliphatic rings. The molecule has 0 radical (unpaired) electrons. The minimum atomic E-state index is -0.925. The Morgan fingerprint density at radius 2 is 2.12 bits per heavy atom. The Morgan fingerprint density at radius 3 is 2.68 bits per heavy atom. The van der Waals surface area contributed by atoms with Crippen molar-refractivity contribution in [3.05, 3.63) is 46.5 Å². The second-order valence-corrected chi connectivity index (χ2v) is 6.80. The summed E-state index contributed by atoms with van der Waals surface area (Å²) in [6.45, 7) is 4.80. The number of rotatable bonds is 6. The van der Waals surface area contributed by atoms with E-state index in [1.165, 1.54) is 19.3 Å². The molecule has 1 heterocycles. The van der Waals surface area contributed by atoms with Gasteiger partial charge in [0.25, 0.3) is 0 Å². The van der Waals surface area contributed by atoms with Crippen LogP contribution in [0.15, 0.2) is 30.3 Å². The SMILES string of the molecule is CCN(c1cc(Cl)cc(Nc2ccc(C(=O)O)c(C)c2)n1)C1CCC1. The highest BCUT2D eigenvalue weighted by atomic mass is 35.5. The molecule has 2 N–H and O–H groups in total. The van der Waals surface area contributed by atoms with Crippen molar-refractivity contribution in [2.75, 3.05) is 16.8 Å². The van der Waals surface area contributed by atoms with E-state index in [2.05, 4.69) is 17.1 Å². The zero-order valence-electron chi connectivity index (χ0n) is 14.4. The number of carboxylic acid groups (broad SMARTS) is 1.